The zero-order valence-electron chi connectivity index (χ0n) is 68.1. The van der Waals surface area contributed by atoms with Crippen molar-refractivity contribution in [1.82, 2.24) is 23.7 Å². The molecular formula is C109H65N5S4. The van der Waals surface area contributed by atoms with E-state index in [0.29, 0.717) is 5.56 Å². The Bertz CT molecular complexity index is 9060. The zero-order chi connectivity index (χ0) is 81.3. The molecule has 9 heteroatoms. The van der Waals surface area contributed by atoms with Gasteiger partial charge in [-0.25, -0.2) is 4.98 Å². The van der Waals surface area contributed by atoms with Crippen LogP contribution in [0.3, 0.4) is 0 Å². The molecule has 28 rings (SSSR count). The van der Waals surface area contributed by atoms with E-state index in [-0.39, 0.29) is 35.8 Å². The molecule has 1 N–H and O–H groups in total. The fourth-order valence-electron chi connectivity index (χ4n) is 19.7. The number of H-pyrrole nitrogens is 1. The van der Waals surface area contributed by atoms with Gasteiger partial charge in [0.25, 0.3) is 0 Å². The second kappa shape index (κ2) is 25.7. The van der Waals surface area contributed by atoms with Crippen molar-refractivity contribution in [3.05, 3.63) is 386 Å². The second-order valence-corrected chi connectivity index (χ2v) is 35.4. The van der Waals surface area contributed by atoms with Crippen molar-refractivity contribution < 1.29 is 6.85 Å². The predicted molar refractivity (Wildman–Crippen MR) is 508 cm³/mol. The Morgan fingerprint density at radius 2 is 0.771 bits per heavy atom. The average Bonchev–Trinajstić information content (AvgIpc) is 1.58. The maximum Gasteiger partial charge on any atom is 0.137 e. The molecule has 2 aliphatic rings. The van der Waals surface area contributed by atoms with Crippen molar-refractivity contribution in [3.63, 3.8) is 0 Å². The first kappa shape index (κ1) is 61.4. The fourth-order valence-corrected chi connectivity index (χ4v) is 24.7. The molecule has 2 aliphatic carbocycles. The minimum Gasteiger partial charge on any atom is -0.354 e. The second-order valence-electron chi connectivity index (χ2n) is 31.2. The molecule has 17 aromatic carbocycles. The van der Waals surface area contributed by atoms with Crippen molar-refractivity contribution in [2.24, 2.45) is 0 Å². The Morgan fingerprint density at radius 3 is 1.40 bits per heavy atom. The number of rotatable bonds is 5. The lowest BCUT2D eigenvalue weighted by atomic mass is 10.0. The topological polar surface area (TPSA) is 43.5 Å². The molecule has 5 nitrogen and oxygen atoms in total. The van der Waals surface area contributed by atoms with Crippen molar-refractivity contribution in [2.75, 3.05) is 0 Å². The number of aromatic nitrogens is 5. The number of benzene rings is 17. The number of nitrogens with zero attached hydrogens (tertiary/aromatic N) is 4. The van der Waals surface area contributed by atoms with Gasteiger partial charge in [0.2, 0.25) is 0 Å². The number of para-hydroxylation sites is 4. The number of nitrogens with one attached hydrogen (secondary N) is 1. The Labute approximate surface area is 699 Å². The lowest BCUT2D eigenvalue weighted by Gasteiger charge is -2.10. The molecule has 118 heavy (non-hydrogen) atoms. The van der Waals surface area contributed by atoms with Crippen LogP contribution in [0.1, 0.15) is 29.1 Å². The van der Waals surface area contributed by atoms with Crippen molar-refractivity contribution in [3.8, 4) is 61.7 Å². The minimum absolute atomic E-state index is 0.193. The average molecular weight is 1580 g/mol. The van der Waals surface area contributed by atoms with E-state index in [1.165, 1.54) is 213 Å². The lowest BCUT2D eigenvalue weighted by Crippen LogP contribution is -1.97. The molecule has 0 spiro atoms. The van der Waals surface area contributed by atoms with E-state index in [1.54, 1.807) is 0 Å². The van der Waals surface area contributed by atoms with Crippen molar-refractivity contribution >= 4 is 213 Å². The molecular weight excluding hydrogens is 1510 g/mol. The number of fused-ring (bicyclic) bond motifs is 33. The summed E-state index contributed by atoms with van der Waals surface area (Å²) in [6.07, 6.45) is 3.99. The van der Waals surface area contributed by atoms with Gasteiger partial charge in [-0.2, -0.15) is 0 Å². The summed E-state index contributed by atoms with van der Waals surface area (Å²) in [4.78, 5) is 8.59. The SMILES string of the molecule is [2H]c1c([2H])c([2H])c(-c2ccc(-n3c4ccccc4c4cc5c(cc43)sc3c4c(ccc35)Cc3ccccc3-4)cc2)c([2H])c1[2H].c1ccc(-c2ccc(-n3c4ccccc4c4cc5c(cc43)sc3c4c(ccc35)Cc3ccccc3-4)nc2)cc1.c1ccc2c(c1)[nH]c1ccc3c4cc5c6ccccc6n(-c6cccc7sc8ccccc8c67)c5cc4sc3c12. The molecule has 0 saturated heterocycles. The quantitative estimate of drug-likeness (QED) is 0.183. The van der Waals surface area contributed by atoms with Crippen LogP contribution in [0.2, 0.25) is 0 Å². The molecule has 9 heterocycles. The molecule has 0 radical (unpaired) electrons. The molecule has 0 amide bonds. The summed E-state index contributed by atoms with van der Waals surface area (Å²) >= 11 is 7.58. The van der Waals surface area contributed by atoms with Gasteiger partial charge in [-0.1, -0.05) is 249 Å². The van der Waals surface area contributed by atoms with E-state index >= 15 is 0 Å². The van der Waals surface area contributed by atoms with Crippen LogP contribution in [0.15, 0.2) is 364 Å². The highest BCUT2D eigenvalue weighted by Crippen LogP contribution is 2.53. The lowest BCUT2D eigenvalue weighted by molar-refractivity contribution is 1.08. The van der Waals surface area contributed by atoms with Crippen LogP contribution in [0.5, 0.6) is 0 Å². The van der Waals surface area contributed by atoms with Gasteiger partial charge in [0.1, 0.15) is 5.82 Å². The summed E-state index contributed by atoms with van der Waals surface area (Å²) in [5.41, 5.74) is 26.0. The summed E-state index contributed by atoms with van der Waals surface area (Å²) < 4.78 is 58.7. The van der Waals surface area contributed by atoms with Crippen LogP contribution < -0.4 is 0 Å². The maximum absolute atomic E-state index is 8.41. The molecule has 0 aliphatic heterocycles. The maximum atomic E-state index is 8.41. The van der Waals surface area contributed by atoms with Gasteiger partial charge in [0.05, 0.1) is 45.6 Å². The van der Waals surface area contributed by atoms with E-state index in [0.717, 1.165) is 40.9 Å². The summed E-state index contributed by atoms with van der Waals surface area (Å²) in [7, 11) is 0. The van der Waals surface area contributed by atoms with Crippen molar-refractivity contribution in [2.45, 2.75) is 12.8 Å². The fraction of sp³-hybridized carbons (Fsp3) is 0.0183. The van der Waals surface area contributed by atoms with E-state index in [1.807, 2.05) is 81.9 Å². The van der Waals surface area contributed by atoms with Crippen LogP contribution in [0.25, 0.3) is 230 Å². The van der Waals surface area contributed by atoms with Gasteiger partial charge in [0, 0.05) is 163 Å². The van der Waals surface area contributed by atoms with Crippen molar-refractivity contribution in [1.29, 1.82) is 0 Å². The van der Waals surface area contributed by atoms with E-state index in [9.17, 15) is 0 Å². The highest BCUT2D eigenvalue weighted by Gasteiger charge is 2.28. The summed E-state index contributed by atoms with van der Waals surface area (Å²) in [5.74, 6) is 0.941. The number of pyridine rings is 1. The summed E-state index contributed by atoms with van der Waals surface area (Å²) in [6.45, 7) is 0. The van der Waals surface area contributed by atoms with Gasteiger partial charge in [0.15, 0.2) is 0 Å². The molecule has 9 aromatic heterocycles. The van der Waals surface area contributed by atoms with E-state index < -0.39 is 0 Å². The van der Waals surface area contributed by atoms with Gasteiger partial charge in [-0.3, -0.25) is 4.57 Å². The molecule has 550 valence electrons. The van der Waals surface area contributed by atoms with Crippen LogP contribution in [0.4, 0.5) is 0 Å². The first-order valence-electron chi connectivity index (χ1n) is 42.5. The Balaban J connectivity index is 0.0000000991. The molecule has 0 unspecified atom stereocenters. The zero-order valence-corrected chi connectivity index (χ0v) is 66.4. The van der Waals surface area contributed by atoms with Crippen LogP contribution >= 0.6 is 45.3 Å². The van der Waals surface area contributed by atoms with Crippen LogP contribution in [0, 0.1) is 0 Å². The summed E-state index contributed by atoms with van der Waals surface area (Å²) in [6, 6.07) is 117. The first-order chi connectivity index (χ1) is 60.6. The molecule has 0 saturated carbocycles. The third-order valence-corrected chi connectivity index (χ3v) is 29.6. The van der Waals surface area contributed by atoms with Gasteiger partial charge in [-0.05, 0) is 172 Å². The Kier molecular flexibility index (Phi) is 13.4. The molecule has 0 fully saturated rings. The third-order valence-electron chi connectivity index (χ3n) is 24.9. The first-order valence-corrected chi connectivity index (χ1v) is 43.2. The largest absolute Gasteiger partial charge is 0.354 e. The van der Waals surface area contributed by atoms with Gasteiger partial charge in [-0.15, -0.1) is 45.3 Å². The highest BCUT2D eigenvalue weighted by atomic mass is 32.1. The van der Waals surface area contributed by atoms with Gasteiger partial charge < -0.3 is 14.1 Å². The number of hydrogen-bond acceptors (Lipinski definition) is 5. The standard InChI is InChI=1S/C37H23NS.C36H20N2S2.C36H22N2S/c1-2-8-23(9-3-1)24-14-17-27(18-15-24)38-33-13-7-6-12-29(33)31-21-32-30-19-16-26-20-25-10-4-5-11-28(25)36(26)37(30)39-35(32)22-34(31)38;1-4-11-26-22(9-1)34-27(37-26)17-16-21-25-18-24-20-8-2-5-12-28(20)38(30(24)19-33(25)40-36(21)34)29-13-7-15-32-35(29)23-10-3-6-14-31(23)39-32;1-2-8-22(9-3-1)25-15-17-34(37-21-25)38-31-13-7-6-12-27(31)29-19-30-28-16-14-24-18-23-10-4-5-11-26(23)35(24)36(28)39-33(30)20-32(29)38/h1-19,21-22H,20H2;1-19,37H;1-17,19-21H,18H2/i1D,2D,3D,8D,9D;;. The smallest absolute Gasteiger partial charge is 0.137 e. The monoisotopic (exact) mass is 1580 g/mol. The summed E-state index contributed by atoms with van der Waals surface area (Å²) in [5, 5.41) is 20.7. The minimum atomic E-state index is -0.382. The van der Waals surface area contributed by atoms with E-state index in [4.69, 9.17) is 11.8 Å². The van der Waals surface area contributed by atoms with Crippen LogP contribution in [-0.4, -0.2) is 23.7 Å². The molecule has 0 bridgehead atoms. The Hall–Kier alpha value is -14.0. The number of thiophene rings is 4. The predicted octanol–water partition coefficient (Wildman–Crippen LogP) is 31.3. The number of aromatic amines is 1. The molecule has 26 aromatic rings. The normalized spacial score (nSPS) is 13.1. The Morgan fingerprint density at radius 1 is 0.280 bits per heavy atom. The van der Waals surface area contributed by atoms with E-state index in [2.05, 4.69) is 316 Å². The van der Waals surface area contributed by atoms with Crippen LogP contribution in [-0.2, 0) is 12.8 Å². The third kappa shape index (κ3) is 9.90. The van der Waals surface area contributed by atoms with Gasteiger partial charge >= 0.3 is 0 Å². The number of hydrogen-bond donors (Lipinski definition) is 1. The highest BCUT2D eigenvalue weighted by molar-refractivity contribution is 7.28. The molecule has 0 atom stereocenters.